The predicted octanol–water partition coefficient (Wildman–Crippen LogP) is 1.55. The van der Waals surface area contributed by atoms with Crippen molar-refractivity contribution in [2.24, 2.45) is 10.7 Å². The summed E-state index contributed by atoms with van der Waals surface area (Å²) in [6.45, 7) is 1.81. The smallest absolute Gasteiger partial charge is 0.254 e. The second-order valence-corrected chi connectivity index (χ2v) is 7.92. The van der Waals surface area contributed by atoms with Crippen molar-refractivity contribution in [3.63, 3.8) is 0 Å². The van der Waals surface area contributed by atoms with E-state index in [9.17, 15) is 9.90 Å². The monoisotopic (exact) mass is 444 g/mol. The summed E-state index contributed by atoms with van der Waals surface area (Å²) in [6.07, 6.45) is 14.7. The lowest BCUT2D eigenvalue weighted by molar-refractivity contribution is 0.0965. The van der Waals surface area contributed by atoms with Crippen LogP contribution in [0, 0.1) is 0 Å². The number of hydrogen-bond acceptors (Lipinski definition) is 8. The molecular formula is C23H24N8O2. The van der Waals surface area contributed by atoms with Crippen LogP contribution in [0.1, 0.15) is 28.8 Å². The van der Waals surface area contributed by atoms with E-state index in [-0.39, 0.29) is 12.0 Å². The first-order valence-electron chi connectivity index (χ1n) is 10.8. The van der Waals surface area contributed by atoms with Gasteiger partial charge in [-0.05, 0) is 37.3 Å². The van der Waals surface area contributed by atoms with Gasteiger partial charge in [-0.2, -0.15) is 5.10 Å². The van der Waals surface area contributed by atoms with Gasteiger partial charge in [0, 0.05) is 49.4 Å². The van der Waals surface area contributed by atoms with E-state index in [0.29, 0.717) is 42.0 Å². The Bertz CT molecular complexity index is 1280. The number of rotatable bonds is 5. The fraction of sp³-hybridized carbons (Fsp3) is 0.261. The van der Waals surface area contributed by atoms with E-state index < -0.39 is 0 Å². The molecule has 3 aromatic heterocycles. The van der Waals surface area contributed by atoms with Crippen LogP contribution in [0.5, 0.6) is 0 Å². The first-order valence-corrected chi connectivity index (χ1v) is 10.8. The van der Waals surface area contributed by atoms with Crippen molar-refractivity contribution in [1.82, 2.24) is 29.8 Å². The topological polar surface area (TPSA) is 134 Å². The number of nitrogens with zero attached hydrogens (tertiary/aromatic N) is 6. The number of carbonyl (C=O) groups excluding carboxylic acids is 1. The molecule has 3 aromatic rings. The molecule has 0 saturated carbocycles. The molecule has 0 spiro atoms. The fourth-order valence-corrected chi connectivity index (χ4v) is 4.22. The number of likely N-dealkylation sites (tertiary alicyclic amines) is 1. The van der Waals surface area contributed by atoms with E-state index in [4.69, 9.17) is 5.73 Å². The highest BCUT2D eigenvalue weighted by Crippen LogP contribution is 2.34. The first kappa shape index (κ1) is 20.8. The second kappa shape index (κ2) is 8.83. The highest BCUT2D eigenvalue weighted by molar-refractivity contribution is 6.05. The largest absolute Gasteiger partial charge is 0.405 e. The number of fused-ring (bicyclic) bond motifs is 2. The van der Waals surface area contributed by atoms with Crippen LogP contribution in [-0.4, -0.2) is 60.9 Å². The van der Waals surface area contributed by atoms with E-state index >= 15 is 0 Å². The SMILES string of the molecule is N/C=C/C=C(\C=Nc1cnc(-c2ccnn3ccnc23)c2c1C(=O)NC2)N1CCC(O)CC1. The molecule has 33 heavy (non-hydrogen) atoms. The van der Waals surface area contributed by atoms with Crippen molar-refractivity contribution >= 4 is 23.5 Å². The number of imidazole rings is 1. The zero-order valence-electron chi connectivity index (χ0n) is 17.9. The first-order chi connectivity index (χ1) is 16.2. The number of nitrogens with one attached hydrogen (secondary N) is 1. The van der Waals surface area contributed by atoms with Crippen molar-refractivity contribution in [1.29, 1.82) is 0 Å². The summed E-state index contributed by atoms with van der Waals surface area (Å²) in [5.74, 6) is -0.178. The molecule has 2 aliphatic heterocycles. The van der Waals surface area contributed by atoms with Gasteiger partial charge in [-0.1, -0.05) is 0 Å². The van der Waals surface area contributed by atoms with E-state index in [0.717, 1.165) is 29.9 Å². The van der Waals surface area contributed by atoms with Gasteiger partial charge < -0.3 is 21.1 Å². The third-order valence-corrected chi connectivity index (χ3v) is 5.91. The Kier molecular flexibility index (Phi) is 5.57. The van der Waals surface area contributed by atoms with E-state index in [2.05, 4.69) is 30.3 Å². The Morgan fingerprint density at radius 1 is 1.27 bits per heavy atom. The molecule has 2 aliphatic rings. The lowest BCUT2D eigenvalue weighted by Gasteiger charge is -2.31. The minimum atomic E-state index is -0.275. The molecule has 0 unspecified atom stereocenters. The molecule has 0 aromatic carbocycles. The molecule has 0 aliphatic carbocycles. The summed E-state index contributed by atoms with van der Waals surface area (Å²) >= 11 is 0. The molecular weight excluding hydrogens is 420 g/mol. The predicted molar refractivity (Wildman–Crippen MR) is 124 cm³/mol. The van der Waals surface area contributed by atoms with Gasteiger partial charge in [0.1, 0.15) is 0 Å². The Balaban J connectivity index is 1.53. The van der Waals surface area contributed by atoms with Crippen LogP contribution in [0.2, 0.25) is 0 Å². The molecule has 5 heterocycles. The van der Waals surface area contributed by atoms with Gasteiger partial charge in [-0.15, -0.1) is 0 Å². The van der Waals surface area contributed by atoms with Crippen LogP contribution >= 0.6 is 0 Å². The number of carbonyl (C=O) groups is 1. The molecule has 1 amide bonds. The number of pyridine rings is 1. The quantitative estimate of drug-likeness (QED) is 0.401. The van der Waals surface area contributed by atoms with Crippen molar-refractivity contribution in [3.8, 4) is 11.3 Å². The van der Waals surface area contributed by atoms with Gasteiger partial charge in [-0.3, -0.25) is 14.8 Å². The van der Waals surface area contributed by atoms with Crippen molar-refractivity contribution in [2.75, 3.05) is 13.1 Å². The third kappa shape index (κ3) is 3.96. The van der Waals surface area contributed by atoms with E-state index in [1.807, 2.05) is 12.1 Å². The van der Waals surface area contributed by atoms with Gasteiger partial charge >= 0.3 is 0 Å². The zero-order chi connectivity index (χ0) is 22.8. The highest BCUT2D eigenvalue weighted by atomic mass is 16.3. The van der Waals surface area contributed by atoms with Gasteiger partial charge in [-0.25, -0.2) is 9.50 Å². The van der Waals surface area contributed by atoms with Crippen LogP contribution < -0.4 is 11.1 Å². The number of allylic oxidation sites excluding steroid dienone is 3. The Hall–Kier alpha value is -4.05. The summed E-state index contributed by atoms with van der Waals surface area (Å²) in [7, 11) is 0. The molecule has 10 heteroatoms. The molecule has 0 bridgehead atoms. The highest BCUT2D eigenvalue weighted by Gasteiger charge is 2.28. The lowest BCUT2D eigenvalue weighted by atomic mass is 10.0. The van der Waals surface area contributed by atoms with Crippen LogP contribution in [0.25, 0.3) is 16.9 Å². The standard InChI is InChI=1S/C23H24N8O2/c24-6-1-2-15(30-9-4-16(32)5-10-30)12-26-19-14-27-21(18-13-28-23(33)20(18)19)17-3-7-29-31-11-8-25-22(17)31/h1-3,6-8,11-12,14,16,32H,4-5,9-10,13,24H2,(H,28,33)/b6-1+,15-2+,26-12?. The summed E-state index contributed by atoms with van der Waals surface area (Å²) in [6, 6.07) is 1.85. The lowest BCUT2D eigenvalue weighted by Crippen LogP contribution is -2.35. The van der Waals surface area contributed by atoms with Crippen molar-refractivity contribution in [3.05, 3.63) is 66.0 Å². The Morgan fingerprint density at radius 2 is 2.12 bits per heavy atom. The number of piperidine rings is 1. The zero-order valence-corrected chi connectivity index (χ0v) is 17.9. The van der Waals surface area contributed by atoms with Crippen molar-refractivity contribution in [2.45, 2.75) is 25.5 Å². The molecule has 1 saturated heterocycles. The van der Waals surface area contributed by atoms with Crippen LogP contribution in [0.15, 0.2) is 59.9 Å². The minimum Gasteiger partial charge on any atom is -0.405 e. The molecule has 0 radical (unpaired) electrons. The average molecular weight is 444 g/mol. The summed E-state index contributed by atoms with van der Waals surface area (Å²) in [5, 5.41) is 17.0. The Morgan fingerprint density at radius 3 is 2.94 bits per heavy atom. The summed E-state index contributed by atoms with van der Waals surface area (Å²) in [5.41, 5.74) is 10.4. The van der Waals surface area contributed by atoms with E-state index in [1.165, 1.54) is 6.20 Å². The van der Waals surface area contributed by atoms with E-state index in [1.54, 1.807) is 41.6 Å². The fourth-order valence-electron chi connectivity index (χ4n) is 4.22. The number of hydrogen-bond donors (Lipinski definition) is 3. The van der Waals surface area contributed by atoms with Crippen LogP contribution in [0.3, 0.4) is 0 Å². The van der Waals surface area contributed by atoms with Gasteiger partial charge in [0.2, 0.25) is 0 Å². The number of aliphatic hydroxyl groups excluding tert-OH is 1. The van der Waals surface area contributed by atoms with Crippen molar-refractivity contribution < 1.29 is 9.90 Å². The number of aliphatic hydroxyl groups is 1. The minimum absolute atomic E-state index is 0.178. The molecule has 5 rings (SSSR count). The summed E-state index contributed by atoms with van der Waals surface area (Å²) < 4.78 is 1.68. The van der Waals surface area contributed by atoms with Crippen LogP contribution in [-0.2, 0) is 6.54 Å². The van der Waals surface area contributed by atoms with Gasteiger partial charge in [0.05, 0.1) is 41.2 Å². The maximum absolute atomic E-state index is 12.7. The third-order valence-electron chi connectivity index (χ3n) is 5.91. The molecule has 1 fully saturated rings. The second-order valence-electron chi connectivity index (χ2n) is 7.92. The summed E-state index contributed by atoms with van der Waals surface area (Å²) in [4.78, 5) is 28.5. The molecule has 4 N–H and O–H groups in total. The maximum Gasteiger partial charge on any atom is 0.254 e. The number of amides is 1. The molecule has 10 nitrogen and oxygen atoms in total. The Labute approximate surface area is 190 Å². The number of aliphatic imine (C=N–C) groups is 1. The number of nitrogens with two attached hydrogens (primary N) is 1. The van der Waals surface area contributed by atoms with Gasteiger partial charge in [0.25, 0.3) is 5.91 Å². The molecule has 168 valence electrons. The normalized spacial score (nSPS) is 17.4. The maximum atomic E-state index is 12.7. The average Bonchev–Trinajstić information content (AvgIpc) is 3.47. The van der Waals surface area contributed by atoms with Gasteiger partial charge in [0.15, 0.2) is 5.65 Å². The molecule has 0 atom stereocenters. The van der Waals surface area contributed by atoms with Crippen LogP contribution in [0.4, 0.5) is 5.69 Å². The number of aromatic nitrogens is 4.